The van der Waals surface area contributed by atoms with E-state index in [1.165, 1.54) is 18.4 Å². The second kappa shape index (κ2) is 7.74. The third-order valence-electron chi connectivity index (χ3n) is 5.38. The molecule has 4 rings (SSSR count). The van der Waals surface area contributed by atoms with Gasteiger partial charge in [0.2, 0.25) is 0 Å². The number of hydrogen-bond donors (Lipinski definition) is 0. The van der Waals surface area contributed by atoms with Crippen LogP contribution in [0.4, 0.5) is 0 Å². The van der Waals surface area contributed by atoms with Crippen molar-refractivity contribution in [2.45, 2.75) is 71.6 Å². The Kier molecular flexibility index (Phi) is 5.63. The average Bonchev–Trinajstić information content (AvgIpc) is 2.92. The molecule has 3 nitrogen and oxygen atoms in total. The Hall–Kier alpha value is -1.61. The van der Waals surface area contributed by atoms with Crippen LogP contribution in [0.3, 0.4) is 0 Å². The first kappa shape index (κ1) is 18.2. The van der Waals surface area contributed by atoms with Crippen LogP contribution in [0.25, 0.3) is 0 Å². The zero-order valence-electron chi connectivity index (χ0n) is 15.4. The largest absolute Gasteiger partial charge is 0.280 e. The van der Waals surface area contributed by atoms with Gasteiger partial charge in [-0.3, -0.25) is 4.79 Å². The average molecular weight is 359 g/mol. The van der Waals surface area contributed by atoms with Crippen molar-refractivity contribution in [3.05, 3.63) is 51.3 Å². The fourth-order valence-corrected chi connectivity index (χ4v) is 4.15. The topological polar surface area (TPSA) is 34.9 Å². The van der Waals surface area contributed by atoms with Crippen LogP contribution < -0.4 is 0 Å². The number of halogens is 1. The van der Waals surface area contributed by atoms with Crippen molar-refractivity contribution >= 4 is 17.5 Å². The van der Waals surface area contributed by atoms with Gasteiger partial charge in [0.05, 0.1) is 22.0 Å². The minimum atomic E-state index is -0.0521. The van der Waals surface area contributed by atoms with Gasteiger partial charge in [0.15, 0.2) is 0 Å². The van der Waals surface area contributed by atoms with E-state index in [-0.39, 0.29) is 5.91 Å². The molecule has 1 heterocycles. The first-order chi connectivity index (χ1) is 12.2. The lowest BCUT2D eigenvalue weighted by Gasteiger charge is -2.28. The Bertz CT molecular complexity index is 774. The molecule has 1 fully saturated rings. The normalized spacial score (nSPS) is 16.5. The number of fused-ring (bicyclic) bond motifs is 1. The molecule has 0 spiro atoms. The van der Waals surface area contributed by atoms with E-state index in [1.54, 1.807) is 4.68 Å². The maximum absolute atomic E-state index is 13.2. The number of rotatable bonds is 2. The molecule has 0 bridgehead atoms. The summed E-state index contributed by atoms with van der Waals surface area (Å²) in [5.74, 6) is 0.420. The summed E-state index contributed by atoms with van der Waals surface area (Å²) >= 11 is 6.43. The predicted octanol–water partition coefficient (Wildman–Crippen LogP) is 5.71. The number of aryl methyl sites for hydroxylation is 1. The predicted molar refractivity (Wildman–Crippen MR) is 103 cm³/mol. The van der Waals surface area contributed by atoms with Gasteiger partial charge >= 0.3 is 0 Å². The zero-order valence-corrected chi connectivity index (χ0v) is 16.2. The van der Waals surface area contributed by atoms with Gasteiger partial charge in [0.25, 0.3) is 5.91 Å². The van der Waals surface area contributed by atoms with Crippen LogP contribution in [0.5, 0.6) is 0 Å². The van der Waals surface area contributed by atoms with Gasteiger partial charge in [-0.25, -0.2) is 4.68 Å². The SMILES string of the molecule is CC.Cc1nn(C(=O)c2c(Cl)cccc2C2CCC2)c2c1CCCC2. The Morgan fingerprint density at radius 3 is 2.56 bits per heavy atom. The molecule has 1 aromatic heterocycles. The van der Waals surface area contributed by atoms with Gasteiger partial charge in [-0.2, -0.15) is 5.10 Å². The third-order valence-corrected chi connectivity index (χ3v) is 5.69. The van der Waals surface area contributed by atoms with E-state index < -0.39 is 0 Å². The van der Waals surface area contributed by atoms with E-state index in [0.29, 0.717) is 16.5 Å². The molecule has 0 aliphatic heterocycles. The second-order valence-corrected chi connectivity index (χ2v) is 7.17. The Labute approximate surface area is 155 Å². The van der Waals surface area contributed by atoms with Crippen LogP contribution in [-0.2, 0) is 12.8 Å². The Morgan fingerprint density at radius 2 is 1.88 bits per heavy atom. The summed E-state index contributed by atoms with van der Waals surface area (Å²) in [7, 11) is 0. The number of carbonyl (C=O) groups is 1. The highest BCUT2D eigenvalue weighted by atomic mass is 35.5. The minimum absolute atomic E-state index is 0.0521. The summed E-state index contributed by atoms with van der Waals surface area (Å²) in [6.45, 7) is 6.01. The summed E-state index contributed by atoms with van der Waals surface area (Å²) in [4.78, 5) is 13.2. The first-order valence-corrected chi connectivity index (χ1v) is 9.95. The molecule has 0 saturated heterocycles. The smallest absolute Gasteiger partial charge is 0.267 e. The van der Waals surface area contributed by atoms with Crippen LogP contribution in [0, 0.1) is 6.92 Å². The second-order valence-electron chi connectivity index (χ2n) is 6.77. The fraction of sp³-hybridized carbons (Fsp3) is 0.524. The van der Waals surface area contributed by atoms with E-state index >= 15 is 0 Å². The van der Waals surface area contributed by atoms with E-state index in [4.69, 9.17) is 11.6 Å². The van der Waals surface area contributed by atoms with Gasteiger partial charge < -0.3 is 0 Å². The molecule has 25 heavy (non-hydrogen) atoms. The third kappa shape index (κ3) is 3.27. The van der Waals surface area contributed by atoms with E-state index in [0.717, 1.165) is 49.1 Å². The van der Waals surface area contributed by atoms with Crippen LogP contribution in [0.1, 0.15) is 84.7 Å². The number of hydrogen-bond acceptors (Lipinski definition) is 2. The van der Waals surface area contributed by atoms with Gasteiger partial charge in [-0.05, 0) is 68.6 Å². The molecule has 0 radical (unpaired) electrons. The number of benzene rings is 1. The zero-order chi connectivity index (χ0) is 18.0. The Balaban J connectivity index is 0.000000880. The van der Waals surface area contributed by atoms with Crippen molar-refractivity contribution in [2.75, 3.05) is 0 Å². The summed E-state index contributed by atoms with van der Waals surface area (Å²) in [6, 6.07) is 5.84. The van der Waals surface area contributed by atoms with E-state index in [1.807, 2.05) is 32.9 Å². The molecule has 134 valence electrons. The lowest BCUT2D eigenvalue weighted by atomic mass is 9.78. The standard InChI is InChI=1S/C19H21ClN2O.C2H6/c1-12-14-8-2-3-11-17(14)22(21-12)19(23)18-15(13-6-4-7-13)9-5-10-16(18)20;1-2/h5,9-10,13H,2-4,6-8,11H2,1H3;1-2H3. The van der Waals surface area contributed by atoms with Gasteiger partial charge in [0, 0.05) is 0 Å². The van der Waals surface area contributed by atoms with Crippen LogP contribution >= 0.6 is 11.6 Å². The molecule has 0 atom stereocenters. The lowest BCUT2D eigenvalue weighted by Crippen LogP contribution is -2.22. The summed E-state index contributed by atoms with van der Waals surface area (Å²) in [5, 5.41) is 5.12. The monoisotopic (exact) mass is 358 g/mol. The van der Waals surface area contributed by atoms with Gasteiger partial charge in [0.1, 0.15) is 0 Å². The number of carbonyl (C=O) groups excluding carboxylic acids is 1. The van der Waals surface area contributed by atoms with Crippen molar-refractivity contribution in [3.63, 3.8) is 0 Å². The molecular formula is C21H27ClN2O. The minimum Gasteiger partial charge on any atom is -0.267 e. The summed E-state index contributed by atoms with van der Waals surface area (Å²) in [6.07, 6.45) is 7.82. The first-order valence-electron chi connectivity index (χ1n) is 9.57. The van der Waals surface area contributed by atoms with E-state index in [9.17, 15) is 4.79 Å². The van der Waals surface area contributed by atoms with Crippen LogP contribution in [-0.4, -0.2) is 15.7 Å². The highest BCUT2D eigenvalue weighted by Crippen LogP contribution is 2.40. The van der Waals surface area contributed by atoms with Crippen molar-refractivity contribution in [3.8, 4) is 0 Å². The molecule has 2 aliphatic carbocycles. The lowest BCUT2D eigenvalue weighted by molar-refractivity contribution is 0.0938. The Morgan fingerprint density at radius 1 is 1.16 bits per heavy atom. The van der Waals surface area contributed by atoms with Crippen LogP contribution in [0.15, 0.2) is 18.2 Å². The summed E-state index contributed by atoms with van der Waals surface area (Å²) in [5.41, 5.74) is 5.12. The molecular weight excluding hydrogens is 332 g/mol. The van der Waals surface area contributed by atoms with Crippen molar-refractivity contribution in [1.82, 2.24) is 9.78 Å². The maximum atomic E-state index is 13.2. The van der Waals surface area contributed by atoms with Crippen molar-refractivity contribution < 1.29 is 4.79 Å². The van der Waals surface area contributed by atoms with Gasteiger partial charge in [-0.15, -0.1) is 0 Å². The van der Waals surface area contributed by atoms with E-state index in [2.05, 4.69) is 11.2 Å². The molecule has 0 unspecified atom stereocenters. The molecule has 0 N–H and O–H groups in total. The number of aromatic nitrogens is 2. The quantitative estimate of drug-likeness (QED) is 0.689. The molecule has 2 aromatic rings. The maximum Gasteiger partial charge on any atom is 0.280 e. The molecule has 0 amide bonds. The highest BCUT2D eigenvalue weighted by Gasteiger charge is 2.29. The molecule has 2 aliphatic rings. The molecule has 1 saturated carbocycles. The number of nitrogens with zero attached hydrogens (tertiary/aromatic N) is 2. The summed E-state index contributed by atoms with van der Waals surface area (Å²) < 4.78 is 1.63. The van der Waals surface area contributed by atoms with Crippen molar-refractivity contribution in [2.24, 2.45) is 0 Å². The fourth-order valence-electron chi connectivity index (χ4n) is 3.88. The molecule has 1 aromatic carbocycles. The highest BCUT2D eigenvalue weighted by molar-refractivity contribution is 6.34. The molecule has 4 heteroatoms. The van der Waals surface area contributed by atoms with Crippen LogP contribution in [0.2, 0.25) is 5.02 Å². The van der Waals surface area contributed by atoms with Gasteiger partial charge in [-0.1, -0.05) is 44.0 Å². The van der Waals surface area contributed by atoms with Crippen molar-refractivity contribution in [1.29, 1.82) is 0 Å².